The molecule has 0 fully saturated rings. The summed E-state index contributed by atoms with van der Waals surface area (Å²) >= 11 is 9.62. The van der Waals surface area contributed by atoms with Crippen molar-refractivity contribution in [1.29, 1.82) is 0 Å². The normalized spacial score (nSPS) is 10.8. The van der Waals surface area contributed by atoms with Gasteiger partial charge in [-0.05, 0) is 55.8 Å². The molecule has 1 amide bonds. The van der Waals surface area contributed by atoms with Gasteiger partial charge in [-0.3, -0.25) is 4.79 Å². The molecule has 0 radical (unpaired) electrons. The maximum Gasteiger partial charge on any atom is 0.295 e. The van der Waals surface area contributed by atoms with Crippen molar-refractivity contribution in [3.63, 3.8) is 0 Å². The quantitative estimate of drug-likeness (QED) is 0.376. The fraction of sp³-hybridized carbons (Fsp3) is 0.0870. The van der Waals surface area contributed by atoms with E-state index in [2.05, 4.69) is 31.3 Å². The van der Waals surface area contributed by atoms with E-state index in [1.54, 1.807) is 16.8 Å². The Morgan fingerprint density at radius 1 is 1.00 bits per heavy atom. The van der Waals surface area contributed by atoms with Gasteiger partial charge in [0.1, 0.15) is 0 Å². The predicted octanol–water partition coefficient (Wildman–Crippen LogP) is 6.22. The number of anilines is 1. The predicted molar refractivity (Wildman–Crippen MR) is 123 cm³/mol. The summed E-state index contributed by atoms with van der Waals surface area (Å²) in [6, 6.07) is 21.0. The van der Waals surface area contributed by atoms with Gasteiger partial charge in [0.2, 0.25) is 5.82 Å². The molecular weight excluding hydrogens is 464 g/mol. The molecule has 7 heteroatoms. The van der Waals surface area contributed by atoms with Crippen LogP contribution in [0.2, 0.25) is 5.02 Å². The first kappa shape index (κ1) is 20.3. The van der Waals surface area contributed by atoms with Gasteiger partial charge in [-0.2, -0.15) is 0 Å². The van der Waals surface area contributed by atoms with Crippen LogP contribution in [0, 0.1) is 13.8 Å². The number of hydrogen-bond acceptors (Lipinski definition) is 3. The lowest BCUT2D eigenvalue weighted by Crippen LogP contribution is -2.14. The average Bonchev–Trinajstić information content (AvgIpc) is 3.17. The van der Waals surface area contributed by atoms with Crippen LogP contribution in [-0.2, 0) is 0 Å². The highest BCUT2D eigenvalue weighted by Crippen LogP contribution is 2.24. The van der Waals surface area contributed by atoms with Crippen molar-refractivity contribution in [3.8, 4) is 17.1 Å². The number of aryl methyl sites for hydroxylation is 2. The van der Waals surface area contributed by atoms with E-state index >= 15 is 0 Å². The van der Waals surface area contributed by atoms with E-state index in [-0.39, 0.29) is 5.82 Å². The number of nitrogens with one attached hydrogen (secondary N) is 1. The summed E-state index contributed by atoms with van der Waals surface area (Å²) in [4.78, 5) is 17.4. The number of carbonyl (C=O) groups is 1. The van der Waals surface area contributed by atoms with Crippen LogP contribution in [0.4, 0.5) is 5.69 Å². The highest BCUT2D eigenvalue weighted by atomic mass is 79.9. The maximum absolute atomic E-state index is 12.8. The largest absolute Gasteiger partial charge is 0.319 e. The average molecular weight is 482 g/mol. The second-order valence-corrected chi connectivity index (χ2v) is 8.25. The van der Waals surface area contributed by atoms with Crippen molar-refractivity contribution in [2.24, 2.45) is 0 Å². The summed E-state index contributed by atoms with van der Waals surface area (Å²) in [5, 5.41) is 7.90. The molecule has 0 bridgehead atoms. The summed E-state index contributed by atoms with van der Waals surface area (Å²) in [5.74, 6) is 0.253. The highest BCUT2D eigenvalue weighted by molar-refractivity contribution is 9.10. The monoisotopic (exact) mass is 480 g/mol. The zero-order chi connectivity index (χ0) is 21.3. The Morgan fingerprint density at radius 2 is 1.70 bits per heavy atom. The molecule has 150 valence electrons. The summed E-state index contributed by atoms with van der Waals surface area (Å²) in [7, 11) is 0. The molecule has 0 spiro atoms. The van der Waals surface area contributed by atoms with E-state index in [1.165, 1.54) is 0 Å². The summed E-state index contributed by atoms with van der Waals surface area (Å²) < 4.78 is 2.64. The van der Waals surface area contributed by atoms with Gasteiger partial charge in [-0.25, -0.2) is 9.67 Å². The third-order valence-electron chi connectivity index (χ3n) is 4.62. The van der Waals surface area contributed by atoms with Crippen LogP contribution < -0.4 is 5.32 Å². The van der Waals surface area contributed by atoms with Gasteiger partial charge in [-0.1, -0.05) is 63.4 Å². The van der Waals surface area contributed by atoms with E-state index in [0.29, 0.717) is 16.5 Å². The first-order valence-electron chi connectivity index (χ1n) is 9.28. The van der Waals surface area contributed by atoms with E-state index in [4.69, 9.17) is 11.6 Å². The molecular formula is C23H18BrClN4O. The van der Waals surface area contributed by atoms with Crippen molar-refractivity contribution in [2.45, 2.75) is 13.8 Å². The van der Waals surface area contributed by atoms with Crippen LogP contribution in [0.1, 0.15) is 21.7 Å². The Morgan fingerprint density at radius 3 is 2.37 bits per heavy atom. The fourth-order valence-corrected chi connectivity index (χ4v) is 3.36. The standard InChI is InChI=1S/C23H18BrClN4O/c1-14-3-11-19(12-4-14)29-22(16-6-8-17(24)9-7-16)27-21(28-29)23(30)26-18-10-5-15(2)20(25)13-18/h3-13H,1-2H3,(H,26,30). The number of aromatic nitrogens is 3. The van der Waals surface area contributed by atoms with Crippen molar-refractivity contribution in [3.05, 3.63) is 93.2 Å². The molecule has 1 heterocycles. The summed E-state index contributed by atoms with van der Waals surface area (Å²) in [6.45, 7) is 3.93. The Kier molecular flexibility index (Phi) is 5.70. The molecule has 3 aromatic carbocycles. The zero-order valence-electron chi connectivity index (χ0n) is 16.4. The van der Waals surface area contributed by atoms with E-state index in [1.807, 2.05) is 68.4 Å². The van der Waals surface area contributed by atoms with Crippen molar-refractivity contribution >= 4 is 39.1 Å². The maximum atomic E-state index is 12.8. The molecule has 4 aromatic rings. The molecule has 5 nitrogen and oxygen atoms in total. The number of carbonyl (C=O) groups excluding carboxylic acids is 1. The number of amides is 1. The van der Waals surface area contributed by atoms with Crippen LogP contribution in [0.15, 0.2) is 71.2 Å². The Hall–Kier alpha value is -2.96. The molecule has 0 aliphatic heterocycles. The number of benzene rings is 3. The first-order valence-corrected chi connectivity index (χ1v) is 10.5. The van der Waals surface area contributed by atoms with Gasteiger partial charge >= 0.3 is 0 Å². The molecule has 1 N–H and O–H groups in total. The Labute approximate surface area is 187 Å². The van der Waals surface area contributed by atoms with Crippen molar-refractivity contribution in [1.82, 2.24) is 14.8 Å². The fourth-order valence-electron chi connectivity index (χ4n) is 2.92. The van der Waals surface area contributed by atoms with Crippen LogP contribution in [0.3, 0.4) is 0 Å². The molecule has 1 aromatic heterocycles. The van der Waals surface area contributed by atoms with Gasteiger partial charge in [0.15, 0.2) is 5.82 Å². The lowest BCUT2D eigenvalue weighted by atomic mass is 10.2. The van der Waals surface area contributed by atoms with Gasteiger partial charge < -0.3 is 5.32 Å². The minimum absolute atomic E-state index is 0.0743. The summed E-state index contributed by atoms with van der Waals surface area (Å²) in [5.41, 5.74) is 4.34. The van der Waals surface area contributed by atoms with E-state index < -0.39 is 5.91 Å². The van der Waals surface area contributed by atoms with Crippen LogP contribution in [0.25, 0.3) is 17.1 Å². The highest BCUT2D eigenvalue weighted by Gasteiger charge is 2.19. The van der Waals surface area contributed by atoms with Crippen molar-refractivity contribution in [2.75, 3.05) is 5.32 Å². The molecule has 0 aliphatic carbocycles. The smallest absolute Gasteiger partial charge is 0.295 e. The second kappa shape index (κ2) is 8.42. The lowest BCUT2D eigenvalue weighted by Gasteiger charge is -2.06. The minimum Gasteiger partial charge on any atom is -0.319 e. The molecule has 0 atom stereocenters. The van der Waals surface area contributed by atoms with Gasteiger partial charge in [0, 0.05) is 20.7 Å². The Bertz CT molecular complexity index is 1150. The van der Waals surface area contributed by atoms with E-state index in [0.717, 1.165) is 26.9 Å². The minimum atomic E-state index is -0.404. The lowest BCUT2D eigenvalue weighted by molar-refractivity contribution is 0.101. The topological polar surface area (TPSA) is 59.8 Å². The molecule has 30 heavy (non-hydrogen) atoms. The number of halogens is 2. The Balaban J connectivity index is 1.74. The van der Waals surface area contributed by atoms with Crippen molar-refractivity contribution < 1.29 is 4.79 Å². The number of hydrogen-bond donors (Lipinski definition) is 1. The molecule has 0 aliphatic rings. The van der Waals surface area contributed by atoms with Gasteiger partial charge in [0.05, 0.1) is 5.69 Å². The molecule has 0 unspecified atom stereocenters. The summed E-state index contributed by atoms with van der Waals surface area (Å²) in [6.07, 6.45) is 0. The number of rotatable bonds is 4. The molecule has 0 saturated heterocycles. The third kappa shape index (κ3) is 4.30. The first-order chi connectivity index (χ1) is 14.4. The van der Waals surface area contributed by atoms with E-state index in [9.17, 15) is 4.79 Å². The van der Waals surface area contributed by atoms with Crippen LogP contribution >= 0.6 is 27.5 Å². The van der Waals surface area contributed by atoms with Gasteiger partial charge in [-0.15, -0.1) is 5.10 Å². The SMILES string of the molecule is Cc1ccc(-n2nc(C(=O)Nc3ccc(C)c(Cl)c3)nc2-c2ccc(Br)cc2)cc1. The van der Waals surface area contributed by atoms with Crippen LogP contribution in [-0.4, -0.2) is 20.7 Å². The van der Waals surface area contributed by atoms with Crippen LogP contribution in [0.5, 0.6) is 0 Å². The molecule has 0 saturated carbocycles. The molecule has 4 rings (SSSR count). The zero-order valence-corrected chi connectivity index (χ0v) is 18.7. The third-order valence-corrected chi connectivity index (χ3v) is 5.56. The van der Waals surface area contributed by atoms with Gasteiger partial charge in [0.25, 0.3) is 5.91 Å². The second-order valence-electron chi connectivity index (χ2n) is 6.93. The number of nitrogens with zero attached hydrogens (tertiary/aromatic N) is 3.